The van der Waals surface area contributed by atoms with Crippen LogP contribution in [0.3, 0.4) is 0 Å². The van der Waals surface area contributed by atoms with Crippen LogP contribution in [0.4, 0.5) is 5.82 Å². The van der Waals surface area contributed by atoms with Crippen molar-refractivity contribution in [2.75, 3.05) is 11.6 Å². The molecule has 1 aliphatic rings. The first-order valence-electron chi connectivity index (χ1n) is 7.02. The van der Waals surface area contributed by atoms with E-state index in [4.69, 9.17) is 0 Å². The van der Waals surface area contributed by atoms with Gasteiger partial charge in [-0.2, -0.15) is 5.10 Å². The lowest BCUT2D eigenvalue weighted by molar-refractivity contribution is 0.102. The lowest BCUT2D eigenvalue weighted by atomic mass is 10.2. The van der Waals surface area contributed by atoms with E-state index >= 15 is 0 Å². The Morgan fingerprint density at radius 2 is 2.09 bits per heavy atom. The summed E-state index contributed by atoms with van der Waals surface area (Å²) in [5, 5.41) is 7.25. The summed E-state index contributed by atoms with van der Waals surface area (Å²) in [6.45, 7) is 0. The number of carbonyl (C=O) groups is 1. The van der Waals surface area contributed by atoms with E-state index < -0.39 is 9.84 Å². The Hall–Kier alpha value is -2.15. The van der Waals surface area contributed by atoms with Crippen molar-refractivity contribution >= 4 is 21.6 Å². The fraction of sp³-hybridized carbons (Fsp3) is 0.333. The van der Waals surface area contributed by atoms with Gasteiger partial charge in [0.25, 0.3) is 5.91 Å². The summed E-state index contributed by atoms with van der Waals surface area (Å²) < 4.78 is 24.8. The van der Waals surface area contributed by atoms with E-state index in [1.165, 1.54) is 12.1 Å². The number of amides is 1. The number of nitrogens with zero attached hydrogens (tertiary/aromatic N) is 2. The monoisotopic (exact) mass is 319 g/mol. The number of hydrogen-bond acceptors (Lipinski definition) is 4. The van der Waals surface area contributed by atoms with Crippen LogP contribution < -0.4 is 5.32 Å². The molecule has 6 nitrogen and oxygen atoms in total. The highest BCUT2D eigenvalue weighted by Gasteiger charge is 2.22. The van der Waals surface area contributed by atoms with Gasteiger partial charge < -0.3 is 5.32 Å². The molecule has 0 saturated carbocycles. The van der Waals surface area contributed by atoms with Crippen LogP contribution in [0.1, 0.15) is 28.0 Å². The predicted molar refractivity (Wildman–Crippen MR) is 82.7 cm³/mol. The van der Waals surface area contributed by atoms with Crippen LogP contribution in [0, 0.1) is 0 Å². The van der Waals surface area contributed by atoms with Crippen LogP contribution in [-0.4, -0.2) is 30.4 Å². The van der Waals surface area contributed by atoms with Crippen molar-refractivity contribution < 1.29 is 13.2 Å². The van der Waals surface area contributed by atoms with E-state index in [-0.39, 0.29) is 10.8 Å². The van der Waals surface area contributed by atoms with Crippen molar-refractivity contribution in [2.45, 2.75) is 24.2 Å². The van der Waals surface area contributed by atoms with Gasteiger partial charge in [-0.1, -0.05) is 6.07 Å². The van der Waals surface area contributed by atoms with Crippen LogP contribution in [0.15, 0.2) is 29.2 Å². The number of hydrogen-bond donors (Lipinski definition) is 1. The standard InChI is InChI=1S/C15H17N3O3S/c1-18-14(12-7-4-8-13(12)17-18)16-15(19)10-5-3-6-11(9-10)22(2,20)21/h3,5-6,9H,4,7-8H2,1-2H3,(H,16,19). The van der Waals surface area contributed by atoms with Gasteiger partial charge in [0.15, 0.2) is 9.84 Å². The number of rotatable bonds is 3. The van der Waals surface area contributed by atoms with Gasteiger partial charge in [0.2, 0.25) is 0 Å². The summed E-state index contributed by atoms with van der Waals surface area (Å²) in [4.78, 5) is 12.5. The maximum Gasteiger partial charge on any atom is 0.256 e. The van der Waals surface area contributed by atoms with Crippen molar-refractivity contribution in [1.82, 2.24) is 9.78 Å². The second-order valence-electron chi connectivity index (χ2n) is 5.51. The molecule has 1 heterocycles. The summed E-state index contributed by atoms with van der Waals surface area (Å²) in [5.41, 5.74) is 2.42. The molecule has 1 aliphatic carbocycles. The molecule has 0 aliphatic heterocycles. The second-order valence-corrected chi connectivity index (χ2v) is 7.52. The zero-order valence-electron chi connectivity index (χ0n) is 12.5. The van der Waals surface area contributed by atoms with Gasteiger partial charge in [0, 0.05) is 24.4 Å². The quantitative estimate of drug-likeness (QED) is 0.931. The average Bonchev–Trinajstić information content (AvgIpc) is 3.01. The molecule has 0 spiro atoms. The molecule has 1 aromatic heterocycles. The highest BCUT2D eigenvalue weighted by molar-refractivity contribution is 7.90. The number of nitrogens with one attached hydrogen (secondary N) is 1. The molecule has 0 saturated heterocycles. The molecule has 0 radical (unpaired) electrons. The number of fused-ring (bicyclic) bond motifs is 1. The minimum Gasteiger partial charge on any atom is -0.307 e. The maximum absolute atomic E-state index is 12.4. The largest absolute Gasteiger partial charge is 0.307 e. The number of aryl methyl sites for hydroxylation is 2. The van der Waals surface area contributed by atoms with Gasteiger partial charge in [0.1, 0.15) is 5.82 Å². The third kappa shape index (κ3) is 2.64. The Morgan fingerprint density at radius 1 is 1.32 bits per heavy atom. The lowest BCUT2D eigenvalue weighted by Gasteiger charge is -2.08. The molecular formula is C15H17N3O3S. The zero-order valence-corrected chi connectivity index (χ0v) is 13.3. The molecular weight excluding hydrogens is 302 g/mol. The van der Waals surface area contributed by atoms with Crippen LogP contribution in [-0.2, 0) is 29.7 Å². The molecule has 1 N–H and O–H groups in total. The Morgan fingerprint density at radius 3 is 2.82 bits per heavy atom. The van der Waals surface area contributed by atoms with Crippen molar-refractivity contribution in [2.24, 2.45) is 7.05 Å². The van der Waals surface area contributed by atoms with E-state index in [2.05, 4.69) is 10.4 Å². The van der Waals surface area contributed by atoms with E-state index in [0.717, 1.165) is 36.8 Å². The number of carbonyl (C=O) groups excluding carboxylic acids is 1. The summed E-state index contributed by atoms with van der Waals surface area (Å²) in [7, 11) is -1.54. The van der Waals surface area contributed by atoms with E-state index in [0.29, 0.717) is 11.4 Å². The molecule has 1 aromatic carbocycles. The molecule has 0 bridgehead atoms. The Bertz CT molecular complexity index is 853. The number of aromatic nitrogens is 2. The predicted octanol–water partition coefficient (Wildman–Crippen LogP) is 1.56. The third-order valence-electron chi connectivity index (χ3n) is 3.83. The fourth-order valence-electron chi connectivity index (χ4n) is 2.72. The van der Waals surface area contributed by atoms with E-state index in [1.807, 2.05) is 0 Å². The molecule has 1 amide bonds. The maximum atomic E-state index is 12.4. The van der Waals surface area contributed by atoms with Gasteiger partial charge in [-0.15, -0.1) is 0 Å². The van der Waals surface area contributed by atoms with E-state index in [9.17, 15) is 13.2 Å². The van der Waals surface area contributed by atoms with Crippen LogP contribution in [0.25, 0.3) is 0 Å². The average molecular weight is 319 g/mol. The Kier molecular flexibility index (Phi) is 3.52. The van der Waals surface area contributed by atoms with Gasteiger partial charge in [-0.05, 0) is 37.5 Å². The minimum atomic E-state index is -3.34. The molecule has 2 aromatic rings. The molecule has 0 atom stereocenters. The fourth-order valence-corrected chi connectivity index (χ4v) is 3.39. The zero-order chi connectivity index (χ0) is 15.9. The van der Waals surface area contributed by atoms with Crippen molar-refractivity contribution in [3.63, 3.8) is 0 Å². The normalized spacial score (nSPS) is 13.9. The molecule has 3 rings (SSSR count). The van der Waals surface area contributed by atoms with Gasteiger partial charge in [-0.25, -0.2) is 8.42 Å². The lowest BCUT2D eigenvalue weighted by Crippen LogP contribution is -2.16. The Labute approximate surface area is 129 Å². The van der Waals surface area contributed by atoms with Crippen LogP contribution >= 0.6 is 0 Å². The summed E-state index contributed by atoms with van der Waals surface area (Å²) >= 11 is 0. The van der Waals surface area contributed by atoms with Gasteiger partial charge in [0.05, 0.1) is 10.6 Å². The molecule has 0 unspecified atom stereocenters. The highest BCUT2D eigenvalue weighted by Crippen LogP contribution is 2.28. The summed E-state index contributed by atoms with van der Waals surface area (Å²) in [6, 6.07) is 6.04. The number of sulfone groups is 1. The molecule has 22 heavy (non-hydrogen) atoms. The smallest absolute Gasteiger partial charge is 0.256 e. The van der Waals surface area contributed by atoms with Gasteiger partial charge >= 0.3 is 0 Å². The van der Waals surface area contributed by atoms with Crippen LogP contribution in [0.5, 0.6) is 0 Å². The highest BCUT2D eigenvalue weighted by atomic mass is 32.2. The molecule has 0 fully saturated rings. The van der Waals surface area contributed by atoms with E-state index in [1.54, 1.807) is 23.9 Å². The molecule has 116 valence electrons. The SMILES string of the molecule is Cn1nc2c(c1NC(=O)c1cccc(S(C)(=O)=O)c1)CCC2. The first-order valence-corrected chi connectivity index (χ1v) is 8.91. The minimum absolute atomic E-state index is 0.135. The van der Waals surface area contributed by atoms with Gasteiger partial charge in [-0.3, -0.25) is 9.48 Å². The number of benzene rings is 1. The topological polar surface area (TPSA) is 81.1 Å². The van der Waals surface area contributed by atoms with Crippen molar-refractivity contribution in [3.8, 4) is 0 Å². The first-order chi connectivity index (χ1) is 10.4. The third-order valence-corrected chi connectivity index (χ3v) is 4.94. The number of anilines is 1. The van der Waals surface area contributed by atoms with Crippen molar-refractivity contribution in [1.29, 1.82) is 0 Å². The summed E-state index contributed by atoms with van der Waals surface area (Å²) in [6.07, 6.45) is 4.01. The summed E-state index contributed by atoms with van der Waals surface area (Å²) in [5.74, 6) is 0.366. The van der Waals surface area contributed by atoms with Crippen LogP contribution in [0.2, 0.25) is 0 Å². The Balaban J connectivity index is 1.90. The molecule has 7 heteroatoms. The second kappa shape index (κ2) is 5.24. The van der Waals surface area contributed by atoms with Crippen molar-refractivity contribution in [3.05, 3.63) is 41.1 Å². The first kappa shape index (κ1) is 14.8.